The Kier molecular flexibility index (Phi) is 4.95. The topological polar surface area (TPSA) is 55.6 Å². The number of carbonyl (C=O) groups is 1. The number of para-hydroxylation sites is 1. The molecule has 20 heavy (non-hydrogen) atoms. The molecule has 0 aromatic heterocycles. The van der Waals surface area contributed by atoms with E-state index in [1.807, 2.05) is 31.2 Å². The highest BCUT2D eigenvalue weighted by atomic mass is 32.1. The van der Waals surface area contributed by atoms with Crippen LogP contribution in [0.1, 0.15) is 25.3 Å². The van der Waals surface area contributed by atoms with Crippen LogP contribution in [0.5, 0.6) is 5.75 Å². The van der Waals surface area contributed by atoms with Crippen LogP contribution in [0.25, 0.3) is 0 Å². The molecule has 1 aliphatic heterocycles. The number of carbonyl (C=O) groups excluding carboxylic acids is 1. The molecular formula is C15H20N2O2S. The normalized spacial score (nSPS) is 15.8. The molecule has 4 nitrogen and oxygen atoms in total. The molecule has 1 unspecified atom stereocenters. The fraction of sp³-hybridized carbons (Fsp3) is 0.467. The third-order valence-corrected chi connectivity index (χ3v) is 3.77. The van der Waals surface area contributed by atoms with Gasteiger partial charge in [0.25, 0.3) is 0 Å². The van der Waals surface area contributed by atoms with E-state index in [1.165, 1.54) is 0 Å². The van der Waals surface area contributed by atoms with Crippen LogP contribution in [0.2, 0.25) is 0 Å². The van der Waals surface area contributed by atoms with Gasteiger partial charge in [-0.25, -0.2) is 0 Å². The first-order valence-corrected chi connectivity index (χ1v) is 7.33. The zero-order chi connectivity index (χ0) is 14.5. The van der Waals surface area contributed by atoms with Gasteiger partial charge in [0.1, 0.15) is 12.4 Å². The van der Waals surface area contributed by atoms with E-state index in [4.69, 9.17) is 22.7 Å². The summed E-state index contributed by atoms with van der Waals surface area (Å²) in [6, 6.07) is 7.80. The molecule has 1 atom stereocenters. The van der Waals surface area contributed by atoms with Crippen LogP contribution in [-0.4, -0.2) is 28.9 Å². The van der Waals surface area contributed by atoms with Crippen LogP contribution < -0.4 is 10.5 Å². The number of nitrogens with zero attached hydrogens (tertiary/aromatic N) is 1. The fourth-order valence-electron chi connectivity index (χ4n) is 2.41. The van der Waals surface area contributed by atoms with Gasteiger partial charge in [0.2, 0.25) is 5.91 Å². The molecule has 0 saturated carbocycles. The Hall–Kier alpha value is -1.62. The molecule has 0 spiro atoms. The molecule has 1 aromatic carbocycles. The van der Waals surface area contributed by atoms with Gasteiger partial charge in [-0.15, -0.1) is 0 Å². The fourth-order valence-corrected chi connectivity index (χ4v) is 2.63. The Labute approximate surface area is 124 Å². The number of thiocarbonyl (C=S) groups is 1. The summed E-state index contributed by atoms with van der Waals surface area (Å²) in [5.41, 5.74) is 6.74. The lowest BCUT2D eigenvalue weighted by Crippen LogP contribution is -2.41. The van der Waals surface area contributed by atoms with Crippen LogP contribution in [0.4, 0.5) is 0 Å². The molecular weight excluding hydrogens is 272 g/mol. The van der Waals surface area contributed by atoms with Crippen molar-refractivity contribution in [1.82, 2.24) is 4.90 Å². The first-order valence-electron chi connectivity index (χ1n) is 6.92. The van der Waals surface area contributed by atoms with Gasteiger partial charge < -0.3 is 15.4 Å². The summed E-state index contributed by atoms with van der Waals surface area (Å²) in [4.78, 5) is 14.7. The van der Waals surface area contributed by atoms with Crippen LogP contribution >= 0.6 is 12.2 Å². The number of hydrogen-bond acceptors (Lipinski definition) is 3. The maximum absolute atomic E-state index is 12.6. The standard InChI is InChI=1S/C15H20N2O2S/c1-2-5-12(14(16)20)15(18)17-8-9-19-13-7-4-3-6-11(13)10-17/h3-4,6-7,12H,2,5,8-10H2,1H3,(H2,16,20). The number of rotatable bonds is 4. The summed E-state index contributed by atoms with van der Waals surface area (Å²) < 4.78 is 5.67. The molecule has 1 aromatic rings. The second-order valence-corrected chi connectivity index (χ2v) is 5.43. The van der Waals surface area contributed by atoms with E-state index in [0.29, 0.717) is 26.1 Å². The van der Waals surface area contributed by atoms with Crippen molar-refractivity contribution in [2.24, 2.45) is 11.7 Å². The molecule has 5 heteroatoms. The quantitative estimate of drug-likeness (QED) is 0.864. The number of hydrogen-bond donors (Lipinski definition) is 1. The lowest BCUT2D eigenvalue weighted by Gasteiger charge is -2.25. The molecule has 1 aliphatic rings. The van der Waals surface area contributed by atoms with E-state index in [-0.39, 0.29) is 16.8 Å². The summed E-state index contributed by atoms with van der Waals surface area (Å²) >= 11 is 5.04. The minimum Gasteiger partial charge on any atom is -0.491 e. The van der Waals surface area contributed by atoms with Gasteiger partial charge in [-0.1, -0.05) is 43.8 Å². The summed E-state index contributed by atoms with van der Waals surface area (Å²) in [5.74, 6) is 0.505. The summed E-state index contributed by atoms with van der Waals surface area (Å²) in [7, 11) is 0. The van der Waals surface area contributed by atoms with Crippen LogP contribution in [-0.2, 0) is 11.3 Å². The Morgan fingerprint density at radius 1 is 1.50 bits per heavy atom. The highest BCUT2D eigenvalue weighted by Crippen LogP contribution is 2.24. The number of amides is 1. The van der Waals surface area contributed by atoms with E-state index in [1.54, 1.807) is 4.90 Å². The van der Waals surface area contributed by atoms with Crippen LogP contribution in [0.3, 0.4) is 0 Å². The minimum atomic E-state index is -0.361. The number of ether oxygens (including phenoxy) is 1. The zero-order valence-corrected chi connectivity index (χ0v) is 12.5. The Morgan fingerprint density at radius 3 is 2.95 bits per heavy atom. The lowest BCUT2D eigenvalue weighted by molar-refractivity contribution is -0.134. The molecule has 0 fully saturated rings. The van der Waals surface area contributed by atoms with Crippen molar-refractivity contribution < 1.29 is 9.53 Å². The lowest BCUT2D eigenvalue weighted by atomic mass is 10.0. The van der Waals surface area contributed by atoms with Crippen LogP contribution in [0, 0.1) is 5.92 Å². The van der Waals surface area contributed by atoms with Crippen molar-refractivity contribution in [3.63, 3.8) is 0 Å². The minimum absolute atomic E-state index is 0.0136. The molecule has 0 saturated heterocycles. The van der Waals surface area contributed by atoms with Gasteiger partial charge in [-0.05, 0) is 12.5 Å². The maximum atomic E-state index is 12.6. The van der Waals surface area contributed by atoms with Gasteiger partial charge in [0.15, 0.2) is 0 Å². The van der Waals surface area contributed by atoms with Crippen molar-refractivity contribution in [2.75, 3.05) is 13.2 Å². The van der Waals surface area contributed by atoms with Gasteiger partial charge in [-0.2, -0.15) is 0 Å². The highest BCUT2D eigenvalue weighted by Gasteiger charge is 2.27. The molecule has 1 amide bonds. The predicted molar refractivity (Wildman–Crippen MR) is 82.5 cm³/mol. The van der Waals surface area contributed by atoms with Crippen molar-refractivity contribution in [3.8, 4) is 5.75 Å². The number of fused-ring (bicyclic) bond motifs is 1. The molecule has 2 rings (SSSR count). The SMILES string of the molecule is CCCC(C(=O)N1CCOc2ccccc2C1)C(N)=S. The van der Waals surface area contributed by atoms with Gasteiger partial charge in [0.05, 0.1) is 17.5 Å². The highest BCUT2D eigenvalue weighted by molar-refractivity contribution is 7.80. The number of nitrogens with two attached hydrogens (primary N) is 1. The van der Waals surface area contributed by atoms with Crippen molar-refractivity contribution >= 4 is 23.1 Å². The van der Waals surface area contributed by atoms with Crippen molar-refractivity contribution in [1.29, 1.82) is 0 Å². The third kappa shape index (κ3) is 3.28. The van der Waals surface area contributed by atoms with Gasteiger partial charge >= 0.3 is 0 Å². The van der Waals surface area contributed by atoms with E-state index in [2.05, 4.69) is 0 Å². The van der Waals surface area contributed by atoms with E-state index in [9.17, 15) is 4.79 Å². The largest absolute Gasteiger partial charge is 0.491 e. The predicted octanol–water partition coefficient (Wildman–Crippen LogP) is 2.11. The summed E-state index contributed by atoms with van der Waals surface area (Å²) in [6.07, 6.45) is 1.59. The average molecular weight is 292 g/mol. The second-order valence-electron chi connectivity index (χ2n) is 4.96. The molecule has 0 bridgehead atoms. The van der Waals surface area contributed by atoms with E-state index in [0.717, 1.165) is 17.7 Å². The Balaban J connectivity index is 2.16. The van der Waals surface area contributed by atoms with Crippen LogP contribution in [0.15, 0.2) is 24.3 Å². The summed E-state index contributed by atoms with van der Waals surface area (Å²) in [6.45, 7) is 3.65. The zero-order valence-electron chi connectivity index (χ0n) is 11.7. The maximum Gasteiger partial charge on any atom is 0.232 e. The van der Waals surface area contributed by atoms with E-state index >= 15 is 0 Å². The summed E-state index contributed by atoms with van der Waals surface area (Å²) in [5, 5.41) is 0. The molecule has 2 N–H and O–H groups in total. The molecule has 1 heterocycles. The Bertz CT molecular complexity index is 504. The van der Waals surface area contributed by atoms with Gasteiger partial charge in [0, 0.05) is 12.1 Å². The first-order chi connectivity index (χ1) is 9.63. The third-order valence-electron chi connectivity index (χ3n) is 3.48. The smallest absolute Gasteiger partial charge is 0.232 e. The number of benzene rings is 1. The average Bonchev–Trinajstić information content (AvgIpc) is 2.65. The van der Waals surface area contributed by atoms with Crippen molar-refractivity contribution in [3.05, 3.63) is 29.8 Å². The van der Waals surface area contributed by atoms with Crippen molar-refractivity contribution in [2.45, 2.75) is 26.3 Å². The second kappa shape index (κ2) is 6.70. The molecule has 108 valence electrons. The molecule has 0 aliphatic carbocycles. The van der Waals surface area contributed by atoms with Gasteiger partial charge in [-0.3, -0.25) is 4.79 Å². The first kappa shape index (κ1) is 14.8. The Morgan fingerprint density at radius 2 is 2.25 bits per heavy atom. The molecule has 0 radical (unpaired) electrons. The monoisotopic (exact) mass is 292 g/mol. The van der Waals surface area contributed by atoms with E-state index < -0.39 is 0 Å².